The third kappa shape index (κ3) is 13.8. The van der Waals surface area contributed by atoms with E-state index in [0.29, 0.717) is 64.3 Å². The molecule has 4 aromatic rings. The minimum Gasteiger partial charge on any atom is -0.444 e. The van der Waals surface area contributed by atoms with Gasteiger partial charge in [-0.3, -0.25) is 14.7 Å². The average molecular weight is 776 g/mol. The van der Waals surface area contributed by atoms with Gasteiger partial charge in [0.2, 0.25) is 5.91 Å². The molecule has 54 heavy (non-hydrogen) atoms. The number of hydrogen-bond donors (Lipinski definition) is 3. The normalized spacial score (nSPS) is 14.9. The second-order valence-electron chi connectivity index (χ2n) is 14.0. The molecule has 14 heteroatoms. The molecule has 2 aromatic carbocycles. The van der Waals surface area contributed by atoms with E-state index in [0.717, 1.165) is 39.8 Å². The first-order valence-corrected chi connectivity index (χ1v) is 20.4. The lowest BCUT2D eigenvalue weighted by molar-refractivity contribution is -0.124. The number of thiazole rings is 2. The Morgan fingerprint density at radius 2 is 1.54 bits per heavy atom. The fourth-order valence-corrected chi connectivity index (χ4v) is 7.58. The number of nitrogens with zero attached hydrogens (tertiary/aromatic N) is 4. The highest BCUT2D eigenvalue weighted by Gasteiger charge is 2.27. The molecule has 1 aliphatic rings. The van der Waals surface area contributed by atoms with E-state index in [2.05, 4.69) is 44.7 Å². The summed E-state index contributed by atoms with van der Waals surface area (Å²) >= 11 is 3.02. The average Bonchev–Trinajstić information content (AvgIpc) is 3.89. The van der Waals surface area contributed by atoms with Crippen LogP contribution < -0.4 is 16.0 Å². The predicted molar refractivity (Wildman–Crippen MR) is 213 cm³/mol. The number of alkyl carbamates (subject to hydrolysis) is 1. The van der Waals surface area contributed by atoms with Crippen LogP contribution >= 0.6 is 22.7 Å². The number of nitrogens with one attached hydrogen (secondary N) is 3. The Morgan fingerprint density at radius 1 is 0.889 bits per heavy atom. The molecule has 290 valence electrons. The second-order valence-corrected chi connectivity index (χ2v) is 15.8. The molecule has 2 aromatic heterocycles. The number of hydrogen-bond acceptors (Lipinski definition) is 10. The van der Waals surface area contributed by atoms with Gasteiger partial charge in [0.1, 0.15) is 12.6 Å². The molecule has 3 atom stereocenters. The fourth-order valence-electron chi connectivity index (χ4n) is 6.25. The lowest BCUT2D eigenvalue weighted by Crippen LogP contribution is -2.54. The number of urea groups is 1. The summed E-state index contributed by atoms with van der Waals surface area (Å²) in [6, 6.07) is 18.4. The number of ether oxygens (including phenoxy) is 2. The first-order valence-electron chi connectivity index (χ1n) is 18.7. The molecule has 0 radical (unpaired) electrons. The van der Waals surface area contributed by atoms with Crippen molar-refractivity contribution in [3.8, 4) is 0 Å². The molecule has 0 aliphatic carbocycles. The fraction of sp³-hybridized carbons (Fsp3) is 0.475. The molecule has 0 bridgehead atoms. The van der Waals surface area contributed by atoms with Crippen LogP contribution in [-0.2, 0) is 40.3 Å². The van der Waals surface area contributed by atoms with E-state index >= 15 is 0 Å². The topological polar surface area (TPSA) is 138 Å². The summed E-state index contributed by atoms with van der Waals surface area (Å²) in [6.07, 6.45) is 4.00. The quantitative estimate of drug-likeness (QED) is 0.106. The zero-order chi connectivity index (χ0) is 38.1. The standard InChI is InChI=1S/C40H53N7O5S2/c1-29(2)38-43-34(27-53-38)25-46(3)39(49)45-36(16-17-47-18-20-51-21-19-47)37(48)42-32(22-30-10-6-4-7-11-30)14-15-33(23-31-12-8-5-9-13-31)44-40(50)52-26-35-24-41-28-54-35/h4-13,24,27-29,32-33,36H,14-23,25-26H2,1-3H3,(H,42,48)(H,44,50)(H,45,49)/t32-,33+,36+/m0/s1. The molecule has 12 nitrogen and oxygen atoms in total. The van der Waals surface area contributed by atoms with E-state index < -0.39 is 12.1 Å². The van der Waals surface area contributed by atoms with E-state index in [-0.39, 0.29) is 30.6 Å². The molecule has 1 saturated heterocycles. The summed E-state index contributed by atoms with van der Waals surface area (Å²) in [5, 5.41) is 12.4. The SMILES string of the molecule is CC(C)c1nc(CN(C)C(=O)N[C@H](CCN2CCOCC2)C(=O)N[C@@H](CC[C@H](Cc2ccccc2)NC(=O)OCc2cncs2)Cc2ccccc2)cs1. The largest absolute Gasteiger partial charge is 0.444 e. The Labute approximate surface area is 326 Å². The van der Waals surface area contributed by atoms with Crippen LogP contribution in [0.5, 0.6) is 0 Å². The molecule has 5 rings (SSSR count). The van der Waals surface area contributed by atoms with Crippen LogP contribution in [0.15, 0.2) is 77.8 Å². The van der Waals surface area contributed by atoms with Crippen molar-refractivity contribution in [2.45, 2.75) is 83.1 Å². The summed E-state index contributed by atoms with van der Waals surface area (Å²) in [4.78, 5) is 54.2. The van der Waals surface area contributed by atoms with E-state index in [1.807, 2.05) is 66.0 Å². The van der Waals surface area contributed by atoms with Gasteiger partial charge in [-0.2, -0.15) is 0 Å². The van der Waals surface area contributed by atoms with Gasteiger partial charge in [-0.05, 0) is 43.2 Å². The van der Waals surface area contributed by atoms with Gasteiger partial charge in [0, 0.05) is 56.3 Å². The van der Waals surface area contributed by atoms with Crippen LogP contribution in [-0.4, -0.2) is 95.8 Å². The van der Waals surface area contributed by atoms with Crippen molar-refractivity contribution >= 4 is 40.7 Å². The Bertz CT molecular complexity index is 1700. The Morgan fingerprint density at radius 3 is 2.13 bits per heavy atom. The van der Waals surface area contributed by atoms with Gasteiger partial charge in [-0.25, -0.2) is 14.6 Å². The number of amides is 4. The molecule has 1 fully saturated rings. The first kappa shape index (κ1) is 40.8. The van der Waals surface area contributed by atoms with Gasteiger partial charge < -0.3 is 30.3 Å². The summed E-state index contributed by atoms with van der Waals surface area (Å²) in [7, 11) is 1.72. The number of carbonyl (C=O) groups is 3. The molecule has 4 amide bonds. The van der Waals surface area contributed by atoms with Crippen molar-refractivity contribution in [3.63, 3.8) is 0 Å². The molecule has 0 unspecified atom stereocenters. The number of benzene rings is 2. The maximum Gasteiger partial charge on any atom is 0.407 e. The minimum atomic E-state index is -0.761. The highest BCUT2D eigenvalue weighted by molar-refractivity contribution is 7.09. The van der Waals surface area contributed by atoms with Gasteiger partial charge in [0.15, 0.2) is 0 Å². The number of aromatic nitrogens is 2. The summed E-state index contributed by atoms with van der Waals surface area (Å²) in [5.41, 5.74) is 4.70. The zero-order valence-corrected chi connectivity index (χ0v) is 33.1. The van der Waals surface area contributed by atoms with E-state index in [1.165, 1.54) is 11.3 Å². The lowest BCUT2D eigenvalue weighted by atomic mass is 9.95. The van der Waals surface area contributed by atoms with Gasteiger partial charge in [0.05, 0.1) is 40.8 Å². The lowest BCUT2D eigenvalue weighted by Gasteiger charge is -2.30. The molecular formula is C40H53N7O5S2. The van der Waals surface area contributed by atoms with Gasteiger partial charge in [-0.1, -0.05) is 74.5 Å². The van der Waals surface area contributed by atoms with Crippen molar-refractivity contribution in [3.05, 3.63) is 104 Å². The Kier molecular flexibility index (Phi) is 16.2. The predicted octanol–water partition coefficient (Wildman–Crippen LogP) is 6.00. The smallest absolute Gasteiger partial charge is 0.407 e. The second kappa shape index (κ2) is 21.5. The minimum absolute atomic E-state index is 0.150. The van der Waals surface area contributed by atoms with Crippen molar-refractivity contribution in [1.29, 1.82) is 0 Å². The van der Waals surface area contributed by atoms with E-state index in [1.54, 1.807) is 35.0 Å². The Hall–Kier alpha value is -4.37. The molecule has 0 spiro atoms. The monoisotopic (exact) mass is 775 g/mol. The number of carbonyl (C=O) groups excluding carboxylic acids is 3. The Balaban J connectivity index is 1.28. The summed E-state index contributed by atoms with van der Waals surface area (Å²) in [6.45, 7) is 8.19. The van der Waals surface area contributed by atoms with Gasteiger partial charge in [-0.15, -0.1) is 22.7 Å². The summed E-state index contributed by atoms with van der Waals surface area (Å²) in [5.74, 6) is 0.0746. The molecule has 0 saturated carbocycles. The third-order valence-electron chi connectivity index (χ3n) is 9.27. The van der Waals surface area contributed by atoms with Crippen LogP contribution in [0.3, 0.4) is 0 Å². The highest BCUT2D eigenvalue weighted by atomic mass is 32.1. The van der Waals surface area contributed by atoms with Crippen LogP contribution in [0.25, 0.3) is 0 Å². The molecule has 1 aliphatic heterocycles. The summed E-state index contributed by atoms with van der Waals surface area (Å²) < 4.78 is 11.1. The third-order valence-corrected chi connectivity index (χ3v) is 11.2. The maximum atomic E-state index is 14.2. The molecule has 3 heterocycles. The van der Waals surface area contributed by atoms with Crippen LogP contribution in [0.4, 0.5) is 9.59 Å². The van der Waals surface area contributed by atoms with Crippen molar-refractivity contribution in [2.75, 3.05) is 39.9 Å². The van der Waals surface area contributed by atoms with Gasteiger partial charge >= 0.3 is 12.1 Å². The van der Waals surface area contributed by atoms with Crippen LogP contribution in [0, 0.1) is 0 Å². The van der Waals surface area contributed by atoms with Crippen molar-refractivity contribution in [2.24, 2.45) is 0 Å². The van der Waals surface area contributed by atoms with Crippen molar-refractivity contribution < 1.29 is 23.9 Å². The molecule has 3 N–H and O–H groups in total. The zero-order valence-electron chi connectivity index (χ0n) is 31.4. The van der Waals surface area contributed by atoms with Crippen LogP contribution in [0.1, 0.15) is 65.7 Å². The first-order chi connectivity index (χ1) is 26.2. The van der Waals surface area contributed by atoms with Crippen LogP contribution in [0.2, 0.25) is 0 Å². The highest BCUT2D eigenvalue weighted by Crippen LogP contribution is 2.20. The van der Waals surface area contributed by atoms with Gasteiger partial charge in [0.25, 0.3) is 0 Å². The maximum absolute atomic E-state index is 14.2. The van der Waals surface area contributed by atoms with Crippen molar-refractivity contribution in [1.82, 2.24) is 35.7 Å². The molecular weight excluding hydrogens is 723 g/mol. The van der Waals surface area contributed by atoms with E-state index in [9.17, 15) is 14.4 Å². The number of morpholine rings is 1. The number of rotatable bonds is 19. The van der Waals surface area contributed by atoms with E-state index in [4.69, 9.17) is 9.47 Å².